The molecule has 1 N–H and O–H groups in total. The monoisotopic (exact) mass is 253 g/mol. The van der Waals surface area contributed by atoms with Gasteiger partial charge < -0.3 is 19.5 Å². The third-order valence-electron chi connectivity index (χ3n) is 2.69. The number of rotatable bonds is 7. The van der Waals surface area contributed by atoms with Gasteiger partial charge in [-0.15, -0.1) is 0 Å². The SMILES string of the molecule is C=CC1=C(C(=C(C)C)C(CNC)OCC)OCO1. The maximum atomic E-state index is 5.79. The lowest BCUT2D eigenvalue weighted by Crippen LogP contribution is -2.30. The molecule has 0 aliphatic carbocycles. The van der Waals surface area contributed by atoms with Crippen LogP contribution in [0.25, 0.3) is 0 Å². The van der Waals surface area contributed by atoms with Gasteiger partial charge in [-0.25, -0.2) is 0 Å². The van der Waals surface area contributed by atoms with E-state index in [1.807, 2.05) is 27.8 Å². The highest BCUT2D eigenvalue weighted by molar-refractivity contribution is 5.39. The summed E-state index contributed by atoms with van der Waals surface area (Å²) in [5.74, 6) is 1.44. The summed E-state index contributed by atoms with van der Waals surface area (Å²) in [4.78, 5) is 0. The molecule has 1 aliphatic rings. The third-order valence-corrected chi connectivity index (χ3v) is 2.69. The van der Waals surface area contributed by atoms with Gasteiger partial charge in [-0.05, 0) is 33.9 Å². The van der Waals surface area contributed by atoms with Crippen LogP contribution in [-0.2, 0) is 14.2 Å². The first kappa shape index (κ1) is 14.8. The van der Waals surface area contributed by atoms with E-state index in [1.165, 1.54) is 0 Å². The van der Waals surface area contributed by atoms with Crippen molar-refractivity contribution < 1.29 is 14.2 Å². The van der Waals surface area contributed by atoms with Crippen LogP contribution >= 0.6 is 0 Å². The molecule has 1 aliphatic heterocycles. The molecule has 0 spiro atoms. The van der Waals surface area contributed by atoms with E-state index in [9.17, 15) is 0 Å². The number of hydrogen-bond donors (Lipinski definition) is 1. The largest absolute Gasteiger partial charge is 0.454 e. The fourth-order valence-corrected chi connectivity index (χ4v) is 1.98. The highest BCUT2D eigenvalue weighted by atomic mass is 16.7. The summed E-state index contributed by atoms with van der Waals surface area (Å²) in [6, 6.07) is 0. The topological polar surface area (TPSA) is 39.7 Å². The Balaban J connectivity index is 3.09. The molecule has 0 aromatic heterocycles. The van der Waals surface area contributed by atoms with Crippen molar-refractivity contribution in [1.82, 2.24) is 5.32 Å². The zero-order chi connectivity index (χ0) is 13.5. The Labute approximate surface area is 109 Å². The highest BCUT2D eigenvalue weighted by Crippen LogP contribution is 2.29. The van der Waals surface area contributed by atoms with Gasteiger partial charge >= 0.3 is 0 Å². The van der Waals surface area contributed by atoms with E-state index in [0.29, 0.717) is 12.4 Å². The van der Waals surface area contributed by atoms with Crippen LogP contribution in [-0.4, -0.2) is 33.1 Å². The van der Waals surface area contributed by atoms with Crippen LogP contribution < -0.4 is 5.32 Å². The first-order valence-corrected chi connectivity index (χ1v) is 6.21. The van der Waals surface area contributed by atoms with Crippen LogP contribution in [0.1, 0.15) is 20.8 Å². The second-order valence-corrected chi connectivity index (χ2v) is 4.22. The number of ether oxygens (including phenoxy) is 3. The standard InChI is InChI=1S/C14H23NO3/c1-6-11-14(18-9-17-11)13(10(3)4)12(8-15-5)16-7-2/h6,12,15H,1,7-9H2,2-5H3. The molecule has 0 bridgehead atoms. The molecular weight excluding hydrogens is 230 g/mol. The normalized spacial score (nSPS) is 16.0. The number of nitrogens with one attached hydrogen (secondary N) is 1. The van der Waals surface area contributed by atoms with E-state index in [4.69, 9.17) is 14.2 Å². The maximum absolute atomic E-state index is 5.79. The minimum absolute atomic E-state index is 0.0448. The Kier molecular flexibility index (Phi) is 5.95. The van der Waals surface area contributed by atoms with Crippen molar-refractivity contribution in [1.29, 1.82) is 0 Å². The van der Waals surface area contributed by atoms with Crippen LogP contribution in [0, 0.1) is 0 Å². The Morgan fingerprint density at radius 3 is 2.72 bits per heavy atom. The molecule has 1 heterocycles. The van der Waals surface area contributed by atoms with E-state index >= 15 is 0 Å². The average Bonchev–Trinajstić information content (AvgIpc) is 2.77. The van der Waals surface area contributed by atoms with Crippen LogP contribution in [0.3, 0.4) is 0 Å². The Hall–Kier alpha value is -1.26. The fourth-order valence-electron chi connectivity index (χ4n) is 1.98. The Bertz CT molecular complexity index is 348. The molecule has 102 valence electrons. The molecule has 1 atom stereocenters. The van der Waals surface area contributed by atoms with Crippen LogP contribution in [0.5, 0.6) is 0 Å². The molecule has 1 unspecified atom stereocenters. The molecule has 18 heavy (non-hydrogen) atoms. The van der Waals surface area contributed by atoms with Crippen LogP contribution in [0.2, 0.25) is 0 Å². The quantitative estimate of drug-likeness (QED) is 0.756. The number of likely N-dealkylation sites (N-methyl/N-ethyl adjacent to an activating group) is 1. The smallest absolute Gasteiger partial charge is 0.231 e. The highest BCUT2D eigenvalue weighted by Gasteiger charge is 2.26. The number of allylic oxidation sites excluding steroid dienone is 2. The minimum atomic E-state index is -0.0448. The molecule has 0 radical (unpaired) electrons. The second-order valence-electron chi connectivity index (χ2n) is 4.22. The zero-order valence-electron chi connectivity index (χ0n) is 11.7. The van der Waals surface area contributed by atoms with Crippen molar-refractivity contribution in [2.24, 2.45) is 0 Å². The lowest BCUT2D eigenvalue weighted by Gasteiger charge is -2.22. The molecule has 4 nitrogen and oxygen atoms in total. The van der Waals surface area contributed by atoms with E-state index in [0.717, 1.165) is 23.5 Å². The molecule has 0 aromatic rings. The molecule has 1 rings (SSSR count). The molecule has 0 fully saturated rings. The van der Waals surface area contributed by atoms with Gasteiger partial charge in [0.25, 0.3) is 0 Å². The second kappa shape index (κ2) is 7.24. The van der Waals surface area contributed by atoms with Gasteiger partial charge in [-0.1, -0.05) is 12.2 Å². The van der Waals surface area contributed by atoms with Crippen LogP contribution in [0.4, 0.5) is 0 Å². The van der Waals surface area contributed by atoms with E-state index in [2.05, 4.69) is 11.9 Å². The van der Waals surface area contributed by atoms with Gasteiger partial charge in [0, 0.05) is 18.7 Å². The van der Waals surface area contributed by atoms with Gasteiger partial charge in [0.1, 0.15) is 0 Å². The summed E-state index contributed by atoms with van der Waals surface area (Å²) in [7, 11) is 1.91. The van der Waals surface area contributed by atoms with Crippen molar-refractivity contribution in [3.8, 4) is 0 Å². The molecule has 4 heteroatoms. The van der Waals surface area contributed by atoms with Crippen LogP contribution in [0.15, 0.2) is 35.3 Å². The lowest BCUT2D eigenvalue weighted by molar-refractivity contribution is 0.0615. The predicted octanol–water partition coefficient (Wildman–Crippen LogP) is 2.35. The van der Waals surface area contributed by atoms with Gasteiger partial charge in [0.15, 0.2) is 11.5 Å². The predicted molar refractivity (Wildman–Crippen MR) is 72.0 cm³/mol. The van der Waals surface area contributed by atoms with Gasteiger partial charge in [-0.3, -0.25) is 0 Å². The van der Waals surface area contributed by atoms with Crippen molar-refractivity contribution in [2.75, 3.05) is 27.0 Å². The number of hydrogen-bond acceptors (Lipinski definition) is 4. The van der Waals surface area contributed by atoms with E-state index in [-0.39, 0.29) is 12.9 Å². The van der Waals surface area contributed by atoms with E-state index in [1.54, 1.807) is 6.08 Å². The van der Waals surface area contributed by atoms with Gasteiger partial charge in [-0.2, -0.15) is 0 Å². The molecule has 0 saturated carbocycles. The molecule has 0 saturated heterocycles. The lowest BCUT2D eigenvalue weighted by atomic mass is 10.0. The third kappa shape index (κ3) is 3.37. The first-order chi connectivity index (χ1) is 8.65. The van der Waals surface area contributed by atoms with Crippen molar-refractivity contribution >= 4 is 0 Å². The summed E-state index contributed by atoms with van der Waals surface area (Å²) >= 11 is 0. The van der Waals surface area contributed by atoms with Crippen molar-refractivity contribution in [2.45, 2.75) is 26.9 Å². The zero-order valence-corrected chi connectivity index (χ0v) is 11.7. The average molecular weight is 253 g/mol. The van der Waals surface area contributed by atoms with Crippen molar-refractivity contribution in [3.63, 3.8) is 0 Å². The molecule has 0 aromatic carbocycles. The van der Waals surface area contributed by atoms with Gasteiger partial charge in [0.2, 0.25) is 6.79 Å². The Morgan fingerprint density at radius 2 is 2.22 bits per heavy atom. The van der Waals surface area contributed by atoms with E-state index < -0.39 is 0 Å². The molecular formula is C14H23NO3. The van der Waals surface area contributed by atoms with Gasteiger partial charge in [0.05, 0.1) is 6.10 Å². The summed E-state index contributed by atoms with van der Waals surface area (Å²) in [6.45, 7) is 11.4. The summed E-state index contributed by atoms with van der Waals surface area (Å²) in [6.07, 6.45) is 1.63. The fraction of sp³-hybridized carbons (Fsp3) is 0.571. The minimum Gasteiger partial charge on any atom is -0.454 e. The Morgan fingerprint density at radius 1 is 1.50 bits per heavy atom. The summed E-state index contributed by atoms with van der Waals surface area (Å²) < 4.78 is 16.7. The van der Waals surface area contributed by atoms with Crippen molar-refractivity contribution in [3.05, 3.63) is 35.3 Å². The molecule has 0 amide bonds. The summed E-state index contributed by atoms with van der Waals surface area (Å²) in [5.41, 5.74) is 2.20. The first-order valence-electron chi connectivity index (χ1n) is 6.21. The summed E-state index contributed by atoms with van der Waals surface area (Å²) in [5, 5.41) is 3.14. The maximum Gasteiger partial charge on any atom is 0.231 e.